The molecule has 1 saturated carbocycles. The zero-order valence-corrected chi connectivity index (χ0v) is 9.38. The predicted molar refractivity (Wildman–Crippen MR) is 55.8 cm³/mol. The zero-order chi connectivity index (χ0) is 9.19. The van der Waals surface area contributed by atoms with Crippen LogP contribution in [0.2, 0.25) is 19.6 Å². The van der Waals surface area contributed by atoms with Gasteiger partial charge in [0.1, 0.15) is 0 Å². The van der Waals surface area contributed by atoms with Crippen LogP contribution in [0.1, 0.15) is 19.3 Å². The molecule has 70 valence electrons. The van der Waals surface area contributed by atoms with Crippen molar-refractivity contribution in [1.82, 2.24) is 0 Å². The summed E-state index contributed by atoms with van der Waals surface area (Å²) in [5.41, 5.74) is 2.40. The molecule has 0 aromatic heterocycles. The second-order valence-electron chi connectivity index (χ2n) is 4.95. The summed E-state index contributed by atoms with van der Waals surface area (Å²) in [6.07, 6.45) is 5.48. The smallest absolute Gasteiger partial charge is 0.0682 e. The molecule has 0 saturated heterocycles. The fourth-order valence-corrected chi connectivity index (χ4v) is 2.44. The highest BCUT2D eigenvalue weighted by molar-refractivity contribution is 6.80. The Kier molecular flexibility index (Phi) is 3.13. The first-order valence-corrected chi connectivity index (χ1v) is 8.42. The number of aliphatic hydroxyl groups is 1. The molecule has 2 unspecified atom stereocenters. The topological polar surface area (TPSA) is 20.2 Å². The van der Waals surface area contributed by atoms with Gasteiger partial charge < -0.3 is 5.11 Å². The van der Waals surface area contributed by atoms with Crippen LogP contribution in [0.15, 0.2) is 11.8 Å². The Morgan fingerprint density at radius 2 is 1.92 bits per heavy atom. The van der Waals surface area contributed by atoms with E-state index in [1.54, 1.807) is 0 Å². The van der Waals surface area contributed by atoms with Crippen molar-refractivity contribution in [3.8, 4) is 0 Å². The molecule has 0 aromatic rings. The first-order valence-electron chi connectivity index (χ1n) is 4.85. The van der Waals surface area contributed by atoms with E-state index in [1.807, 2.05) is 0 Å². The van der Waals surface area contributed by atoms with Crippen molar-refractivity contribution in [2.75, 3.05) is 0 Å². The van der Waals surface area contributed by atoms with Crippen LogP contribution >= 0.6 is 0 Å². The molecule has 0 heterocycles. The normalized spacial score (nSPS) is 31.7. The van der Waals surface area contributed by atoms with Gasteiger partial charge in [0.05, 0.1) is 14.2 Å². The molecule has 0 aliphatic heterocycles. The third-order valence-corrected chi connectivity index (χ3v) is 3.51. The molecule has 1 rings (SSSR count). The quantitative estimate of drug-likeness (QED) is 0.654. The summed E-state index contributed by atoms with van der Waals surface area (Å²) in [6.45, 7) is 7.03. The maximum Gasteiger partial charge on any atom is 0.0682 e. The Labute approximate surface area is 76.5 Å². The van der Waals surface area contributed by atoms with E-state index in [-0.39, 0.29) is 6.10 Å². The first-order chi connectivity index (χ1) is 5.47. The lowest BCUT2D eigenvalue weighted by molar-refractivity contribution is 0.180. The molecule has 0 amide bonds. The fourth-order valence-electron chi connectivity index (χ4n) is 1.59. The average Bonchev–Trinajstić information content (AvgIpc) is 2.30. The third kappa shape index (κ3) is 3.54. The molecule has 0 radical (unpaired) electrons. The van der Waals surface area contributed by atoms with Gasteiger partial charge in [-0.2, -0.15) is 0 Å². The van der Waals surface area contributed by atoms with Gasteiger partial charge in [-0.3, -0.25) is 0 Å². The summed E-state index contributed by atoms with van der Waals surface area (Å²) < 4.78 is 0. The molecular weight excluding hydrogens is 164 g/mol. The minimum Gasteiger partial charge on any atom is -0.393 e. The maximum absolute atomic E-state index is 9.31. The number of aliphatic hydroxyl groups excluding tert-OH is 1. The van der Waals surface area contributed by atoms with Crippen LogP contribution in [0.25, 0.3) is 0 Å². The van der Waals surface area contributed by atoms with E-state index < -0.39 is 8.07 Å². The van der Waals surface area contributed by atoms with Crippen molar-refractivity contribution in [3.63, 3.8) is 0 Å². The van der Waals surface area contributed by atoms with Crippen molar-refractivity contribution in [2.24, 2.45) is 5.92 Å². The van der Waals surface area contributed by atoms with Gasteiger partial charge in [-0.15, -0.1) is 0 Å². The minimum atomic E-state index is -1.01. The van der Waals surface area contributed by atoms with Crippen molar-refractivity contribution >= 4 is 8.07 Å². The molecule has 0 spiro atoms. The van der Waals surface area contributed by atoms with Gasteiger partial charge in [0.2, 0.25) is 0 Å². The largest absolute Gasteiger partial charge is 0.393 e. The zero-order valence-electron chi connectivity index (χ0n) is 8.38. The van der Waals surface area contributed by atoms with Crippen LogP contribution in [0.4, 0.5) is 0 Å². The molecule has 0 aromatic carbocycles. The number of hydrogen-bond acceptors (Lipinski definition) is 1. The van der Waals surface area contributed by atoms with Gasteiger partial charge in [0, 0.05) is 0 Å². The van der Waals surface area contributed by atoms with E-state index in [9.17, 15) is 5.11 Å². The van der Waals surface area contributed by atoms with Gasteiger partial charge in [-0.05, 0) is 25.2 Å². The lowest BCUT2D eigenvalue weighted by atomic mass is 10.1. The highest BCUT2D eigenvalue weighted by atomic mass is 28.3. The summed E-state index contributed by atoms with van der Waals surface area (Å²) in [4.78, 5) is 0. The Hall–Kier alpha value is -0.0831. The molecule has 1 N–H and O–H groups in total. The number of allylic oxidation sites excluding steroid dienone is 1. The highest BCUT2D eigenvalue weighted by Crippen LogP contribution is 2.26. The standard InChI is InChI=1S/C10H20OSi/c1-12(2,3)7-6-9-4-5-10(11)8-9/h6-7,9-11H,4-5,8H2,1-3H3/b7-6+. The van der Waals surface area contributed by atoms with Crippen LogP contribution in [0, 0.1) is 5.92 Å². The summed E-state index contributed by atoms with van der Waals surface area (Å²) in [5.74, 6) is 0.659. The molecule has 0 bridgehead atoms. The van der Waals surface area contributed by atoms with E-state index in [2.05, 4.69) is 31.4 Å². The van der Waals surface area contributed by atoms with Crippen LogP contribution < -0.4 is 0 Å². The SMILES string of the molecule is C[Si](C)(C)/C=C/C1CCC(O)C1. The van der Waals surface area contributed by atoms with Gasteiger partial charge in [-0.1, -0.05) is 31.4 Å². The van der Waals surface area contributed by atoms with E-state index in [4.69, 9.17) is 0 Å². The number of hydrogen-bond donors (Lipinski definition) is 1. The molecule has 1 fully saturated rings. The summed E-state index contributed by atoms with van der Waals surface area (Å²) >= 11 is 0. The summed E-state index contributed by atoms with van der Waals surface area (Å²) in [5, 5.41) is 9.31. The molecule has 1 nitrogen and oxygen atoms in total. The monoisotopic (exact) mass is 184 g/mol. The molecule has 12 heavy (non-hydrogen) atoms. The Bertz CT molecular complexity index is 169. The molecule has 1 aliphatic carbocycles. The lowest BCUT2D eigenvalue weighted by Gasteiger charge is -2.10. The second kappa shape index (κ2) is 3.75. The third-order valence-electron chi connectivity index (χ3n) is 2.31. The predicted octanol–water partition coefficient (Wildman–Crippen LogP) is 2.58. The maximum atomic E-state index is 9.31. The van der Waals surface area contributed by atoms with Crippen molar-refractivity contribution in [2.45, 2.75) is 45.0 Å². The molecule has 2 atom stereocenters. The van der Waals surface area contributed by atoms with Gasteiger partial charge in [0.25, 0.3) is 0 Å². The van der Waals surface area contributed by atoms with Crippen LogP contribution in [0.5, 0.6) is 0 Å². The molecule has 2 heteroatoms. The van der Waals surface area contributed by atoms with E-state index >= 15 is 0 Å². The van der Waals surface area contributed by atoms with E-state index in [0.29, 0.717) is 5.92 Å². The van der Waals surface area contributed by atoms with Gasteiger partial charge >= 0.3 is 0 Å². The van der Waals surface area contributed by atoms with Crippen molar-refractivity contribution in [1.29, 1.82) is 0 Å². The highest BCUT2D eigenvalue weighted by Gasteiger charge is 2.20. The van der Waals surface area contributed by atoms with Crippen LogP contribution in [0.3, 0.4) is 0 Å². The average molecular weight is 184 g/mol. The van der Waals surface area contributed by atoms with Gasteiger partial charge in [-0.25, -0.2) is 0 Å². The Morgan fingerprint density at radius 3 is 2.33 bits per heavy atom. The summed E-state index contributed by atoms with van der Waals surface area (Å²) in [7, 11) is -1.01. The van der Waals surface area contributed by atoms with Crippen molar-refractivity contribution < 1.29 is 5.11 Å². The Balaban J connectivity index is 2.37. The van der Waals surface area contributed by atoms with Gasteiger partial charge in [0.15, 0.2) is 0 Å². The minimum absolute atomic E-state index is 0.0266. The van der Waals surface area contributed by atoms with Crippen LogP contribution in [-0.2, 0) is 0 Å². The Morgan fingerprint density at radius 1 is 1.25 bits per heavy atom. The lowest BCUT2D eigenvalue weighted by Crippen LogP contribution is -2.16. The van der Waals surface area contributed by atoms with E-state index in [0.717, 1.165) is 12.8 Å². The fraction of sp³-hybridized carbons (Fsp3) is 0.800. The first kappa shape index (κ1) is 10.0. The number of rotatable bonds is 2. The summed E-state index contributed by atoms with van der Waals surface area (Å²) in [6, 6.07) is 0. The van der Waals surface area contributed by atoms with Crippen molar-refractivity contribution in [3.05, 3.63) is 11.8 Å². The molecule has 1 aliphatic rings. The molecular formula is C10H20OSi. The second-order valence-corrected chi connectivity index (χ2v) is 10.0. The van der Waals surface area contributed by atoms with Crippen LogP contribution in [-0.4, -0.2) is 19.3 Å². The van der Waals surface area contributed by atoms with E-state index in [1.165, 1.54) is 6.42 Å².